The van der Waals surface area contributed by atoms with E-state index < -0.39 is 17.2 Å². The van der Waals surface area contributed by atoms with Gasteiger partial charge in [0.25, 0.3) is 0 Å². The van der Waals surface area contributed by atoms with Gasteiger partial charge in [0.05, 0.1) is 0 Å². The summed E-state index contributed by atoms with van der Waals surface area (Å²) < 4.78 is 5.18. The Hall–Kier alpha value is -1.39. The lowest BCUT2D eigenvalue weighted by Gasteiger charge is -2.29. The van der Waals surface area contributed by atoms with Crippen molar-refractivity contribution >= 4 is 5.97 Å². The second-order valence-corrected chi connectivity index (χ2v) is 4.93. The van der Waals surface area contributed by atoms with Crippen LogP contribution in [0.2, 0.25) is 0 Å². The van der Waals surface area contributed by atoms with Crippen LogP contribution in [-0.2, 0) is 15.1 Å². The molecule has 0 aromatic heterocycles. The highest BCUT2D eigenvalue weighted by Crippen LogP contribution is 2.24. The minimum absolute atomic E-state index is 0.216. The van der Waals surface area contributed by atoms with Crippen LogP contribution in [0.4, 0.5) is 0 Å². The van der Waals surface area contributed by atoms with E-state index in [1.165, 1.54) is 0 Å². The van der Waals surface area contributed by atoms with Gasteiger partial charge in [0, 0.05) is 6.54 Å². The molecule has 0 saturated heterocycles. The summed E-state index contributed by atoms with van der Waals surface area (Å²) in [6, 6.07) is 8.57. The zero-order valence-corrected chi connectivity index (χ0v) is 10.4. The van der Waals surface area contributed by atoms with Crippen LogP contribution in [0.15, 0.2) is 30.3 Å². The number of ether oxygens (including phenoxy) is 1. The molecule has 94 valence electrons. The molecular formula is C13H19NO3. The number of rotatable bonds is 3. The largest absolute Gasteiger partial charge is 0.458 e. The monoisotopic (exact) mass is 237 g/mol. The minimum Gasteiger partial charge on any atom is -0.458 e. The molecule has 0 aliphatic carbocycles. The molecule has 0 bridgehead atoms. The summed E-state index contributed by atoms with van der Waals surface area (Å²) in [5.74, 6) is -0.723. The van der Waals surface area contributed by atoms with Crippen LogP contribution < -0.4 is 5.73 Å². The van der Waals surface area contributed by atoms with Gasteiger partial charge >= 0.3 is 5.97 Å². The van der Waals surface area contributed by atoms with Crippen LogP contribution in [0.1, 0.15) is 26.3 Å². The molecule has 0 aliphatic rings. The third kappa shape index (κ3) is 3.28. The standard InChI is InChI=1S/C13H19NO3/c1-12(2,3)17-11(15)13(16,9-14)10-7-5-4-6-8-10/h4-8,16H,9,14H2,1-3H3/t13-/m0/s1. The normalized spacial score (nSPS) is 15.1. The first-order valence-corrected chi connectivity index (χ1v) is 5.51. The summed E-state index contributed by atoms with van der Waals surface area (Å²) in [5, 5.41) is 10.3. The molecule has 0 fully saturated rings. The lowest BCUT2D eigenvalue weighted by Crippen LogP contribution is -2.46. The highest BCUT2D eigenvalue weighted by molar-refractivity contribution is 5.81. The van der Waals surface area contributed by atoms with Gasteiger partial charge < -0.3 is 15.6 Å². The second-order valence-electron chi connectivity index (χ2n) is 4.93. The summed E-state index contributed by atoms with van der Waals surface area (Å²) in [5.41, 5.74) is 3.51. The fourth-order valence-corrected chi connectivity index (χ4v) is 1.40. The Kier molecular flexibility index (Phi) is 3.91. The molecule has 0 amide bonds. The first kappa shape index (κ1) is 13.7. The van der Waals surface area contributed by atoms with Gasteiger partial charge in [-0.1, -0.05) is 30.3 Å². The number of hydrogen-bond donors (Lipinski definition) is 2. The van der Waals surface area contributed by atoms with Crippen LogP contribution in [-0.4, -0.2) is 23.2 Å². The van der Waals surface area contributed by atoms with E-state index in [1.54, 1.807) is 51.1 Å². The topological polar surface area (TPSA) is 72.5 Å². The van der Waals surface area contributed by atoms with Crippen LogP contribution in [0.25, 0.3) is 0 Å². The van der Waals surface area contributed by atoms with Gasteiger partial charge in [-0.15, -0.1) is 0 Å². The van der Waals surface area contributed by atoms with E-state index >= 15 is 0 Å². The van der Waals surface area contributed by atoms with Gasteiger partial charge in [-0.2, -0.15) is 0 Å². The van der Waals surface area contributed by atoms with Crippen molar-refractivity contribution in [2.45, 2.75) is 32.0 Å². The lowest BCUT2D eigenvalue weighted by atomic mass is 9.94. The summed E-state index contributed by atoms with van der Waals surface area (Å²) in [7, 11) is 0. The number of benzene rings is 1. The quantitative estimate of drug-likeness (QED) is 0.774. The van der Waals surface area contributed by atoms with Gasteiger partial charge in [0.1, 0.15) is 5.60 Å². The Morgan fingerprint density at radius 1 is 1.29 bits per heavy atom. The zero-order valence-electron chi connectivity index (χ0n) is 10.4. The molecule has 1 rings (SSSR count). The Morgan fingerprint density at radius 2 is 1.82 bits per heavy atom. The number of hydrogen-bond acceptors (Lipinski definition) is 4. The Bertz CT molecular complexity index is 383. The van der Waals surface area contributed by atoms with Crippen molar-refractivity contribution in [2.75, 3.05) is 6.54 Å². The third-order valence-corrected chi connectivity index (χ3v) is 2.28. The lowest BCUT2D eigenvalue weighted by molar-refractivity contribution is -0.177. The fourth-order valence-electron chi connectivity index (χ4n) is 1.40. The average molecular weight is 237 g/mol. The molecule has 1 atom stereocenters. The van der Waals surface area contributed by atoms with Crippen molar-refractivity contribution < 1.29 is 14.6 Å². The van der Waals surface area contributed by atoms with Crippen LogP contribution in [0.3, 0.4) is 0 Å². The van der Waals surface area contributed by atoms with E-state index in [2.05, 4.69) is 0 Å². The van der Waals surface area contributed by atoms with Crippen molar-refractivity contribution in [3.05, 3.63) is 35.9 Å². The maximum absolute atomic E-state index is 12.0. The van der Waals surface area contributed by atoms with Gasteiger partial charge in [0.2, 0.25) is 0 Å². The number of nitrogens with two attached hydrogens (primary N) is 1. The second kappa shape index (κ2) is 4.85. The smallest absolute Gasteiger partial charge is 0.344 e. The number of carbonyl (C=O) groups is 1. The Morgan fingerprint density at radius 3 is 2.24 bits per heavy atom. The Balaban J connectivity index is 3.01. The average Bonchev–Trinajstić information content (AvgIpc) is 2.27. The fraction of sp³-hybridized carbons (Fsp3) is 0.462. The molecule has 4 nitrogen and oxygen atoms in total. The zero-order chi connectivity index (χ0) is 13.1. The van der Waals surface area contributed by atoms with E-state index in [0.29, 0.717) is 5.56 Å². The molecular weight excluding hydrogens is 218 g/mol. The predicted octanol–water partition coefficient (Wildman–Crippen LogP) is 1.17. The van der Waals surface area contributed by atoms with E-state index in [0.717, 1.165) is 0 Å². The molecule has 17 heavy (non-hydrogen) atoms. The molecule has 0 aliphatic heterocycles. The molecule has 1 aromatic rings. The summed E-state index contributed by atoms with van der Waals surface area (Å²) in [6.45, 7) is 5.01. The molecule has 0 unspecified atom stereocenters. The molecule has 0 saturated carbocycles. The molecule has 0 heterocycles. The van der Waals surface area contributed by atoms with Gasteiger partial charge in [0.15, 0.2) is 5.60 Å². The van der Waals surface area contributed by atoms with Crippen molar-refractivity contribution in [3.8, 4) is 0 Å². The van der Waals surface area contributed by atoms with Gasteiger partial charge in [-0.05, 0) is 26.3 Å². The number of esters is 1. The summed E-state index contributed by atoms with van der Waals surface area (Å²) in [6.07, 6.45) is 0. The molecule has 1 aromatic carbocycles. The highest BCUT2D eigenvalue weighted by atomic mass is 16.6. The highest BCUT2D eigenvalue weighted by Gasteiger charge is 2.40. The van der Waals surface area contributed by atoms with Gasteiger partial charge in [-0.25, -0.2) is 4.79 Å². The predicted molar refractivity (Wildman–Crippen MR) is 65.2 cm³/mol. The van der Waals surface area contributed by atoms with E-state index in [1.807, 2.05) is 0 Å². The minimum atomic E-state index is -1.78. The summed E-state index contributed by atoms with van der Waals surface area (Å²) in [4.78, 5) is 12.0. The van der Waals surface area contributed by atoms with Gasteiger partial charge in [-0.3, -0.25) is 0 Å². The van der Waals surface area contributed by atoms with E-state index in [4.69, 9.17) is 10.5 Å². The van der Waals surface area contributed by atoms with E-state index in [9.17, 15) is 9.90 Å². The van der Waals surface area contributed by atoms with Crippen LogP contribution in [0, 0.1) is 0 Å². The first-order valence-electron chi connectivity index (χ1n) is 5.51. The first-order chi connectivity index (χ1) is 7.79. The maximum atomic E-state index is 12.0. The van der Waals surface area contributed by atoms with Crippen molar-refractivity contribution in [3.63, 3.8) is 0 Å². The maximum Gasteiger partial charge on any atom is 0.344 e. The van der Waals surface area contributed by atoms with Crippen LogP contribution in [0.5, 0.6) is 0 Å². The van der Waals surface area contributed by atoms with E-state index in [-0.39, 0.29) is 6.54 Å². The third-order valence-electron chi connectivity index (χ3n) is 2.28. The van der Waals surface area contributed by atoms with Crippen LogP contribution >= 0.6 is 0 Å². The SMILES string of the molecule is CC(C)(C)OC(=O)[C@](O)(CN)c1ccccc1. The van der Waals surface area contributed by atoms with Crippen molar-refractivity contribution in [1.29, 1.82) is 0 Å². The number of aliphatic hydroxyl groups is 1. The molecule has 0 radical (unpaired) electrons. The van der Waals surface area contributed by atoms with Crippen molar-refractivity contribution in [2.24, 2.45) is 5.73 Å². The summed E-state index contributed by atoms with van der Waals surface area (Å²) >= 11 is 0. The molecule has 4 heteroatoms. The molecule has 3 N–H and O–H groups in total. The Labute approximate surface area is 101 Å². The molecule has 0 spiro atoms. The van der Waals surface area contributed by atoms with Crippen molar-refractivity contribution in [1.82, 2.24) is 0 Å². The number of carbonyl (C=O) groups excluding carboxylic acids is 1.